The number of phenolic OH excluding ortho intramolecular Hbond substituents is 1. The number of aromatic nitrogens is 2. The Bertz CT molecular complexity index is 2860. The molecule has 0 unspecified atom stereocenters. The van der Waals surface area contributed by atoms with Crippen molar-refractivity contribution in [1.82, 2.24) is 45.3 Å². The third kappa shape index (κ3) is 11.2. The number of hydrogen-bond donors (Lipinski definition) is 4. The molecule has 6 bridgehead atoms. The maximum absolute atomic E-state index is 15.0. The van der Waals surface area contributed by atoms with Gasteiger partial charge >= 0.3 is 5.97 Å². The first-order valence-corrected chi connectivity index (χ1v) is 28.1. The van der Waals surface area contributed by atoms with Crippen LogP contribution in [-0.4, -0.2) is 161 Å². The van der Waals surface area contributed by atoms with Crippen molar-refractivity contribution in [1.29, 1.82) is 0 Å². The lowest BCUT2D eigenvalue weighted by molar-refractivity contribution is -0.155. The zero-order valence-corrected chi connectivity index (χ0v) is 46.0. The maximum atomic E-state index is 15.0. The van der Waals surface area contributed by atoms with E-state index in [-0.39, 0.29) is 67.6 Å². The standard InChI is InChI=1S/C59H80N10O7/c1-9-68-48-19-18-39-29-43(48)45(54(68)44-30-41(32-60-50(44)35(2)3)67-23-21-64(6)22-24-67)31-59(4,5)34-76-58(75)46-15-12-20-69(63-46)56(73)47(27-36-25-40(39)28-42(70)26-36)61-55(72)53(38-13-10-11-14-38)66(8)49(71)33-65(7)57(74)52-51(62-52)37-16-17-37/h18-19,25-26,28-30,32,35,37-38,46-47,51-53,62-63,70H,9-17,20-24,27,31,33-34H2,1-8H3,(H,61,72)/t46-,47-,51+,52+,53-/m0/s1. The summed E-state index contributed by atoms with van der Waals surface area (Å²) >= 11 is 0. The van der Waals surface area contributed by atoms with E-state index in [2.05, 4.69) is 96.4 Å². The molecular weight excluding hydrogens is 961 g/mol. The molecule has 3 saturated heterocycles. The Morgan fingerprint density at radius 1 is 0.934 bits per heavy atom. The Hall–Kier alpha value is -6.04. The first-order valence-electron chi connectivity index (χ1n) is 28.1. The summed E-state index contributed by atoms with van der Waals surface area (Å²) in [5.41, 5.74) is 11.3. The average Bonchev–Trinajstić information content (AvgIpc) is 4.35. The fraction of sp³-hybridized carbons (Fsp3) is 0.593. The number of likely N-dealkylation sites (N-methyl/N-ethyl adjacent to an activating group) is 3. The number of hydrogen-bond acceptors (Lipinski definition) is 12. The van der Waals surface area contributed by atoms with E-state index >= 15 is 0 Å². The molecule has 17 nitrogen and oxygen atoms in total. The van der Waals surface area contributed by atoms with Crippen LogP contribution in [0.5, 0.6) is 5.75 Å². The van der Waals surface area contributed by atoms with E-state index in [9.17, 15) is 29.1 Å². The molecule has 4 N–H and O–H groups in total. The fourth-order valence-electron chi connectivity index (χ4n) is 12.6. The number of benzene rings is 2. The van der Waals surface area contributed by atoms with Gasteiger partial charge in [0.1, 0.15) is 29.9 Å². The molecule has 2 saturated carbocycles. The molecule has 2 aromatic heterocycles. The molecule has 6 heterocycles. The third-order valence-corrected chi connectivity index (χ3v) is 17.1. The number of carbonyl (C=O) groups is 5. The average molecular weight is 1040 g/mol. The minimum absolute atomic E-state index is 0.00870. The topological polar surface area (TPSA) is 195 Å². The van der Waals surface area contributed by atoms with Crippen molar-refractivity contribution in [2.24, 2.45) is 17.3 Å². The minimum Gasteiger partial charge on any atom is -0.508 e. The van der Waals surface area contributed by atoms with Gasteiger partial charge in [0.05, 0.1) is 36.4 Å². The van der Waals surface area contributed by atoms with Crippen LogP contribution >= 0.6 is 0 Å². The van der Waals surface area contributed by atoms with Gasteiger partial charge in [0.25, 0.3) is 5.91 Å². The van der Waals surface area contributed by atoms with Crippen LogP contribution in [0.3, 0.4) is 0 Å². The zero-order valence-electron chi connectivity index (χ0n) is 46.0. The largest absolute Gasteiger partial charge is 0.508 e. The normalized spacial score (nSPS) is 23.8. The monoisotopic (exact) mass is 1040 g/mol. The molecule has 4 aromatic rings. The predicted molar refractivity (Wildman–Crippen MR) is 293 cm³/mol. The Morgan fingerprint density at radius 3 is 2.39 bits per heavy atom. The highest BCUT2D eigenvalue weighted by Crippen LogP contribution is 2.44. The van der Waals surface area contributed by atoms with E-state index in [1.807, 2.05) is 12.3 Å². The lowest BCUT2D eigenvalue weighted by Gasteiger charge is -2.37. The van der Waals surface area contributed by atoms with Gasteiger partial charge in [0.15, 0.2) is 0 Å². The number of rotatable bonds is 12. The number of piperazine rings is 1. The molecule has 2 aromatic carbocycles. The number of carbonyl (C=O) groups excluding carboxylic acids is 5. The number of amides is 4. The molecule has 5 atom stereocenters. The molecule has 4 aliphatic heterocycles. The zero-order chi connectivity index (χ0) is 53.7. The summed E-state index contributed by atoms with van der Waals surface area (Å²) in [4.78, 5) is 84.5. The highest BCUT2D eigenvalue weighted by molar-refractivity contribution is 5.97. The molecule has 10 rings (SSSR count). The lowest BCUT2D eigenvalue weighted by atomic mass is 9.83. The van der Waals surface area contributed by atoms with Crippen molar-refractivity contribution in [2.75, 3.05) is 71.9 Å². The first-order chi connectivity index (χ1) is 36.4. The number of nitrogens with zero attached hydrogens (tertiary/aromatic N) is 7. The summed E-state index contributed by atoms with van der Waals surface area (Å²) in [6.07, 6.45) is 9.07. The molecule has 5 fully saturated rings. The Balaban J connectivity index is 1.02. The van der Waals surface area contributed by atoms with E-state index in [0.717, 1.165) is 115 Å². The third-order valence-electron chi connectivity index (χ3n) is 17.1. The van der Waals surface area contributed by atoms with Gasteiger partial charge in [-0.15, -0.1) is 0 Å². The van der Waals surface area contributed by atoms with Gasteiger partial charge in [-0.3, -0.25) is 39.3 Å². The molecule has 408 valence electrons. The van der Waals surface area contributed by atoms with Crippen LogP contribution in [0.1, 0.15) is 109 Å². The molecule has 17 heteroatoms. The smallest absolute Gasteiger partial charge is 0.324 e. The molecule has 76 heavy (non-hydrogen) atoms. The van der Waals surface area contributed by atoms with Crippen LogP contribution in [0.2, 0.25) is 0 Å². The van der Waals surface area contributed by atoms with Crippen LogP contribution in [0.4, 0.5) is 5.69 Å². The van der Waals surface area contributed by atoms with E-state index in [4.69, 9.17) is 9.72 Å². The summed E-state index contributed by atoms with van der Waals surface area (Å²) in [6.45, 7) is 15.5. The number of aryl methyl sites for hydroxylation is 1. The molecule has 0 radical (unpaired) electrons. The highest BCUT2D eigenvalue weighted by Gasteiger charge is 2.52. The van der Waals surface area contributed by atoms with Gasteiger partial charge < -0.3 is 39.3 Å². The number of aromatic hydroxyl groups is 1. The van der Waals surface area contributed by atoms with Crippen molar-refractivity contribution >= 4 is 46.2 Å². The SMILES string of the molecule is CCn1c(-c2cc(N3CCN(C)CC3)cnc2C(C)C)c2c3cc(ccc31)-c1cc(O)cc(c1)C[C@H](NC(=O)[C@H](C1CCCC1)N(C)C(=O)CN(C)C(=O)[C@@H]1N[C@@H]1C1CC1)C(=O)N1CCC[C@H](N1)C(=O)OCC(C)(C)C2. The number of phenols is 1. The number of pyridine rings is 1. The Kier molecular flexibility index (Phi) is 15.3. The molecule has 2 aliphatic carbocycles. The summed E-state index contributed by atoms with van der Waals surface area (Å²) in [7, 11) is 5.41. The second kappa shape index (κ2) is 21.8. The molecule has 0 spiro atoms. The van der Waals surface area contributed by atoms with E-state index < -0.39 is 41.3 Å². The van der Waals surface area contributed by atoms with Gasteiger partial charge in [0.2, 0.25) is 17.7 Å². The Labute approximate surface area is 448 Å². The first kappa shape index (κ1) is 53.4. The van der Waals surface area contributed by atoms with Gasteiger partial charge in [-0.05, 0) is 129 Å². The quantitative estimate of drug-likeness (QED) is 0.0980. The van der Waals surface area contributed by atoms with Crippen LogP contribution in [-0.2, 0) is 48.1 Å². The van der Waals surface area contributed by atoms with Crippen molar-refractivity contribution in [3.05, 3.63) is 65.5 Å². The van der Waals surface area contributed by atoms with Crippen molar-refractivity contribution in [3.8, 4) is 28.1 Å². The number of ether oxygens (including phenoxy) is 1. The van der Waals surface area contributed by atoms with Gasteiger partial charge in [-0.2, -0.15) is 0 Å². The highest BCUT2D eigenvalue weighted by atomic mass is 16.5. The van der Waals surface area contributed by atoms with E-state index in [1.54, 1.807) is 26.2 Å². The molecule has 6 aliphatic rings. The van der Waals surface area contributed by atoms with Crippen LogP contribution in [0, 0.1) is 17.3 Å². The van der Waals surface area contributed by atoms with Crippen molar-refractivity contribution in [2.45, 2.75) is 141 Å². The van der Waals surface area contributed by atoms with Gasteiger partial charge in [-0.1, -0.05) is 52.7 Å². The summed E-state index contributed by atoms with van der Waals surface area (Å²) < 4.78 is 8.63. The van der Waals surface area contributed by atoms with Crippen LogP contribution in [0.15, 0.2) is 48.7 Å². The Morgan fingerprint density at radius 2 is 1.68 bits per heavy atom. The van der Waals surface area contributed by atoms with Gasteiger partial charge in [-0.25, -0.2) is 5.43 Å². The number of hydrazine groups is 1. The summed E-state index contributed by atoms with van der Waals surface area (Å²) in [5, 5.41) is 20.4. The molecular formula is C59H80N10O7. The van der Waals surface area contributed by atoms with E-state index in [0.29, 0.717) is 37.3 Å². The summed E-state index contributed by atoms with van der Waals surface area (Å²) in [6, 6.07) is 11.1. The molecule has 4 amide bonds. The number of esters is 1. The van der Waals surface area contributed by atoms with Gasteiger partial charge in [0, 0.05) is 87.7 Å². The second-order valence-corrected chi connectivity index (χ2v) is 24.0. The maximum Gasteiger partial charge on any atom is 0.324 e. The second-order valence-electron chi connectivity index (χ2n) is 24.0. The minimum atomic E-state index is -1.15. The number of nitrogens with one attached hydrogen (secondary N) is 3. The number of fused-ring (bicyclic) bond motifs is 6. The van der Waals surface area contributed by atoms with Crippen LogP contribution in [0.25, 0.3) is 33.3 Å². The fourth-order valence-corrected chi connectivity index (χ4v) is 12.6. The van der Waals surface area contributed by atoms with Crippen LogP contribution < -0.4 is 21.0 Å². The van der Waals surface area contributed by atoms with E-state index in [1.165, 1.54) is 14.8 Å². The number of cyclic esters (lactones) is 1. The van der Waals surface area contributed by atoms with Crippen molar-refractivity contribution in [3.63, 3.8) is 0 Å². The lowest BCUT2D eigenvalue weighted by Crippen LogP contribution is -2.62. The predicted octanol–water partition coefficient (Wildman–Crippen LogP) is 5.85. The number of anilines is 1. The summed E-state index contributed by atoms with van der Waals surface area (Å²) in [5.74, 6) is -1.36. The van der Waals surface area contributed by atoms with Crippen molar-refractivity contribution < 1.29 is 33.8 Å².